The molecule has 5 aromatic carbocycles. The third-order valence-electron chi connectivity index (χ3n) is 6.92. The van der Waals surface area contributed by atoms with Gasteiger partial charge in [0, 0.05) is 16.5 Å². The van der Waals surface area contributed by atoms with E-state index in [0.29, 0.717) is 10.6 Å². The minimum atomic E-state index is -0.783. The number of rotatable bonds is 8. The van der Waals surface area contributed by atoms with Crippen LogP contribution in [0.1, 0.15) is 5.69 Å². The Morgan fingerprint density at radius 3 is 1.26 bits per heavy atom. The van der Waals surface area contributed by atoms with Gasteiger partial charge in [0.05, 0.1) is 60.0 Å². The number of fused-ring (bicyclic) bond motifs is 1. The normalized spacial score (nSPS) is 11.1. The summed E-state index contributed by atoms with van der Waals surface area (Å²) in [6.45, 7) is 0. The van der Waals surface area contributed by atoms with E-state index in [4.69, 9.17) is 25.3 Å². The molecule has 0 atom stereocenters. The molecule has 7 heteroatoms. The molecular formula is C36H32N2NiP2S2. The molecule has 0 N–H and O–H groups in total. The first-order chi connectivity index (χ1) is 20.7. The average Bonchev–Trinajstić information content (AvgIpc) is 3.08. The van der Waals surface area contributed by atoms with Crippen LogP contribution < -0.4 is 21.2 Å². The molecule has 0 spiro atoms. The van der Waals surface area contributed by atoms with Crippen molar-refractivity contribution in [3.8, 4) is 0 Å². The molecule has 6 aromatic rings. The third kappa shape index (κ3) is 9.23. The number of para-hydroxylation sites is 2. The molecule has 0 bridgehead atoms. The first kappa shape index (κ1) is 32.9. The van der Waals surface area contributed by atoms with Gasteiger partial charge in [-0.15, -0.1) is 0 Å². The Labute approximate surface area is 278 Å². The van der Waals surface area contributed by atoms with Gasteiger partial charge in [0.2, 0.25) is 0 Å². The summed E-state index contributed by atoms with van der Waals surface area (Å²) in [6.07, 6.45) is 4.17. The zero-order chi connectivity index (χ0) is 29.0. The van der Waals surface area contributed by atoms with E-state index in [1.165, 1.54) is 39.0 Å². The van der Waals surface area contributed by atoms with Gasteiger partial charge in [-0.2, -0.15) is 4.91 Å². The van der Waals surface area contributed by atoms with Crippen molar-refractivity contribution in [1.29, 1.82) is 0 Å². The number of nitrogens with zero attached hydrogens (tertiary/aromatic N) is 2. The fourth-order valence-electron chi connectivity index (χ4n) is 4.85. The first-order valence-corrected chi connectivity index (χ1v) is 18.2. The molecule has 0 saturated heterocycles. The fraction of sp³-hybridized carbons (Fsp3) is 0.0556. The minimum Gasteiger partial charge on any atom is -0.789 e. The Kier molecular flexibility index (Phi) is 13.2. The van der Waals surface area contributed by atoms with Crippen LogP contribution in [0, 0.1) is 0 Å². The first-order valence-electron chi connectivity index (χ1n) is 13.9. The van der Waals surface area contributed by atoms with E-state index in [1.54, 1.807) is 6.20 Å². The fourth-order valence-corrected chi connectivity index (χ4v) is 11.3. The summed E-state index contributed by atoms with van der Waals surface area (Å²) in [5, 5.41) is 7.50. The predicted molar refractivity (Wildman–Crippen MR) is 193 cm³/mol. The number of hydrogen-bond acceptors (Lipinski definition) is 4. The maximum Gasteiger partial charge on any atom is 0.101 e. The van der Waals surface area contributed by atoms with Gasteiger partial charge in [-0.25, -0.2) is 10.4 Å². The number of hydrogen-bond donors (Lipinski definition) is 0. The Morgan fingerprint density at radius 2 is 0.884 bits per heavy atom. The van der Waals surface area contributed by atoms with E-state index in [2.05, 4.69) is 131 Å². The Bertz CT molecular complexity index is 1550. The van der Waals surface area contributed by atoms with Crippen LogP contribution in [0.3, 0.4) is 0 Å². The summed E-state index contributed by atoms with van der Waals surface area (Å²) < 4.78 is 0. The third-order valence-corrected chi connectivity index (χ3v) is 13.8. The topological polar surface area (TPSA) is 25.8 Å². The molecule has 0 amide bonds. The second-order valence-electron chi connectivity index (χ2n) is 9.65. The van der Waals surface area contributed by atoms with Crippen LogP contribution in [-0.2, 0) is 41.7 Å². The second kappa shape index (κ2) is 17.3. The Hall–Kier alpha value is -3.03. The molecular weight excluding hydrogens is 645 g/mol. The molecule has 6 rings (SSSR count). The Morgan fingerprint density at radius 1 is 0.535 bits per heavy atom. The molecule has 1 heterocycles. The maximum atomic E-state index is 5.02. The molecule has 0 aliphatic rings. The Balaban J connectivity index is 0.000000238. The SMILES string of the molecule is [Ni].[S-]/C=C(\[S-])c1cnc2ccccc2n1.c1ccc([PH+](CC[PH+](c2ccccc2)c2ccccc2)c2ccccc2)cc1. The standard InChI is InChI=1S/C26H24P2.C10H8N2S2.Ni/c1-5-13-23(14-6-1)27(24-15-7-2-8-16-24)21-22-28(25-17-9-3-10-18-25)26-19-11-4-12-20-26;13-6-10(14)9-5-11-7-3-1-2-4-8(7)12-9;/h1-20H,21-22H2;1-6,13-14H;/b;10-6-;. The molecule has 1 aromatic heterocycles. The maximum absolute atomic E-state index is 5.02. The summed E-state index contributed by atoms with van der Waals surface area (Å²) in [4.78, 5) is 9.13. The van der Waals surface area contributed by atoms with Gasteiger partial charge in [-0.3, -0.25) is 4.98 Å². The van der Waals surface area contributed by atoms with Crippen molar-refractivity contribution in [3.05, 3.63) is 163 Å². The zero-order valence-electron chi connectivity index (χ0n) is 23.5. The predicted octanol–water partition coefficient (Wildman–Crippen LogP) is 6.74. The van der Waals surface area contributed by atoms with Gasteiger partial charge in [0.25, 0.3) is 0 Å². The van der Waals surface area contributed by atoms with E-state index in [-0.39, 0.29) is 16.5 Å². The molecule has 0 fully saturated rings. The van der Waals surface area contributed by atoms with Gasteiger partial charge in [-0.1, -0.05) is 84.9 Å². The summed E-state index contributed by atoms with van der Waals surface area (Å²) >= 11 is 9.77. The summed E-state index contributed by atoms with van der Waals surface area (Å²) in [6, 6.07) is 52.2. The van der Waals surface area contributed by atoms with Crippen molar-refractivity contribution in [2.24, 2.45) is 0 Å². The van der Waals surface area contributed by atoms with Gasteiger partial charge >= 0.3 is 0 Å². The van der Waals surface area contributed by atoms with Crippen LogP contribution in [-0.4, -0.2) is 22.3 Å². The molecule has 218 valence electrons. The van der Waals surface area contributed by atoms with Crippen molar-refractivity contribution in [3.63, 3.8) is 0 Å². The van der Waals surface area contributed by atoms with E-state index >= 15 is 0 Å². The largest absolute Gasteiger partial charge is 0.789 e. The van der Waals surface area contributed by atoms with E-state index in [0.717, 1.165) is 11.0 Å². The van der Waals surface area contributed by atoms with E-state index in [9.17, 15) is 0 Å². The van der Waals surface area contributed by atoms with E-state index < -0.39 is 15.8 Å². The average molecular weight is 677 g/mol. The minimum absolute atomic E-state index is 0. The van der Waals surface area contributed by atoms with Crippen molar-refractivity contribution in [2.45, 2.75) is 0 Å². The summed E-state index contributed by atoms with van der Waals surface area (Å²) in [5.74, 6) is 0. The molecule has 0 aliphatic carbocycles. The molecule has 2 nitrogen and oxygen atoms in total. The van der Waals surface area contributed by atoms with Gasteiger partial charge in [0.1, 0.15) is 12.3 Å². The van der Waals surface area contributed by atoms with Crippen molar-refractivity contribution in [1.82, 2.24) is 9.97 Å². The van der Waals surface area contributed by atoms with Gasteiger partial charge in [0.15, 0.2) is 0 Å². The molecule has 0 unspecified atom stereocenters. The quantitative estimate of drug-likeness (QED) is 0.101. The van der Waals surface area contributed by atoms with Crippen LogP contribution in [0.25, 0.3) is 15.9 Å². The van der Waals surface area contributed by atoms with Crippen molar-refractivity contribution in [2.75, 3.05) is 12.3 Å². The second-order valence-corrected chi connectivity index (χ2v) is 15.5. The van der Waals surface area contributed by atoms with Crippen molar-refractivity contribution >= 4 is 78.3 Å². The smallest absolute Gasteiger partial charge is 0.101 e. The molecule has 0 saturated carbocycles. The monoisotopic (exact) mass is 676 g/mol. The summed E-state index contributed by atoms with van der Waals surface area (Å²) in [7, 11) is -1.57. The van der Waals surface area contributed by atoms with Crippen LogP contribution in [0.4, 0.5) is 0 Å². The summed E-state index contributed by atoms with van der Waals surface area (Å²) in [5.41, 5.74) is 2.36. The van der Waals surface area contributed by atoms with Crippen LogP contribution in [0.15, 0.2) is 157 Å². The zero-order valence-corrected chi connectivity index (χ0v) is 28.1. The molecule has 0 radical (unpaired) electrons. The van der Waals surface area contributed by atoms with Crippen LogP contribution in [0.5, 0.6) is 0 Å². The van der Waals surface area contributed by atoms with Crippen LogP contribution in [0.2, 0.25) is 0 Å². The van der Waals surface area contributed by atoms with E-state index in [1.807, 2.05) is 24.3 Å². The van der Waals surface area contributed by atoms with Crippen LogP contribution >= 0.6 is 15.8 Å². The van der Waals surface area contributed by atoms with Crippen molar-refractivity contribution < 1.29 is 16.5 Å². The molecule has 0 aliphatic heterocycles. The number of benzene rings is 5. The number of aromatic nitrogens is 2. The van der Waals surface area contributed by atoms with Gasteiger partial charge in [-0.05, 0) is 60.7 Å². The molecule has 43 heavy (non-hydrogen) atoms. The van der Waals surface area contributed by atoms with Gasteiger partial charge < -0.3 is 25.3 Å².